The van der Waals surface area contributed by atoms with Gasteiger partial charge in [-0.05, 0) is 19.1 Å². The maximum Gasteiger partial charge on any atom is 0.161 e. The fourth-order valence-corrected chi connectivity index (χ4v) is 1.87. The predicted octanol–water partition coefficient (Wildman–Crippen LogP) is 1.99. The van der Waals surface area contributed by atoms with Crippen molar-refractivity contribution in [1.29, 1.82) is 0 Å². The summed E-state index contributed by atoms with van der Waals surface area (Å²) in [6, 6.07) is 7.73. The van der Waals surface area contributed by atoms with Crippen LogP contribution < -0.4 is 14.8 Å². The van der Waals surface area contributed by atoms with Crippen LogP contribution in [0.15, 0.2) is 36.7 Å². The molecule has 0 saturated carbocycles. The van der Waals surface area contributed by atoms with Crippen molar-refractivity contribution in [1.82, 2.24) is 15.1 Å². The van der Waals surface area contributed by atoms with Crippen molar-refractivity contribution in [3.05, 3.63) is 42.2 Å². The van der Waals surface area contributed by atoms with Crippen molar-refractivity contribution >= 4 is 0 Å². The number of aryl methyl sites for hydroxylation is 1. The summed E-state index contributed by atoms with van der Waals surface area (Å²) in [6.07, 6.45) is 3.86. The van der Waals surface area contributed by atoms with Crippen LogP contribution in [0, 0.1) is 0 Å². The molecule has 1 aromatic heterocycles. The van der Waals surface area contributed by atoms with Crippen LogP contribution in [0.2, 0.25) is 0 Å². The highest BCUT2D eigenvalue weighted by atomic mass is 16.5. The van der Waals surface area contributed by atoms with E-state index in [1.54, 1.807) is 4.68 Å². The lowest BCUT2D eigenvalue weighted by Crippen LogP contribution is -2.20. The quantitative estimate of drug-likeness (QED) is 0.748. The Hall–Kier alpha value is -2.01. The summed E-state index contributed by atoms with van der Waals surface area (Å²) < 4.78 is 13.0. The van der Waals surface area contributed by atoms with Crippen LogP contribution >= 0.6 is 0 Å². The van der Waals surface area contributed by atoms with Crippen molar-refractivity contribution in [3.8, 4) is 11.5 Å². The topological polar surface area (TPSA) is 48.3 Å². The molecule has 0 aliphatic rings. The van der Waals surface area contributed by atoms with Gasteiger partial charge in [-0.2, -0.15) is 5.10 Å². The molecule has 1 aromatic carbocycles. The molecule has 0 bridgehead atoms. The molecule has 0 saturated heterocycles. The number of nitrogens with zero attached hydrogens (tertiary/aromatic N) is 2. The Balaban J connectivity index is 1.70. The Bertz CT molecular complexity index is 525. The number of para-hydroxylation sites is 2. The lowest BCUT2D eigenvalue weighted by molar-refractivity contribution is 0.275. The van der Waals surface area contributed by atoms with Gasteiger partial charge in [0.1, 0.15) is 6.61 Å². The molecule has 0 aliphatic heterocycles. The van der Waals surface area contributed by atoms with E-state index >= 15 is 0 Å². The third-order valence-corrected chi connectivity index (χ3v) is 2.77. The molecular formula is C15H21N3O2. The van der Waals surface area contributed by atoms with E-state index < -0.39 is 0 Å². The van der Waals surface area contributed by atoms with Gasteiger partial charge in [0.2, 0.25) is 0 Å². The van der Waals surface area contributed by atoms with Gasteiger partial charge in [-0.3, -0.25) is 4.68 Å². The van der Waals surface area contributed by atoms with Crippen molar-refractivity contribution in [2.75, 3.05) is 19.8 Å². The smallest absolute Gasteiger partial charge is 0.161 e. The summed E-state index contributed by atoms with van der Waals surface area (Å²) >= 11 is 0. The van der Waals surface area contributed by atoms with Gasteiger partial charge in [0, 0.05) is 31.9 Å². The molecule has 0 amide bonds. The summed E-state index contributed by atoms with van der Waals surface area (Å²) in [5.74, 6) is 1.58. The van der Waals surface area contributed by atoms with Gasteiger partial charge in [0.15, 0.2) is 11.5 Å². The third-order valence-electron chi connectivity index (χ3n) is 2.77. The number of rotatable bonds is 8. The summed E-state index contributed by atoms with van der Waals surface area (Å²) in [7, 11) is 1.91. The molecule has 0 spiro atoms. The van der Waals surface area contributed by atoms with E-state index in [1.807, 2.05) is 50.6 Å². The van der Waals surface area contributed by atoms with Crippen molar-refractivity contribution in [2.45, 2.75) is 13.5 Å². The normalized spacial score (nSPS) is 10.5. The van der Waals surface area contributed by atoms with E-state index in [0.717, 1.165) is 24.6 Å². The molecule has 0 unspecified atom stereocenters. The average molecular weight is 275 g/mol. The number of benzene rings is 1. The van der Waals surface area contributed by atoms with Crippen LogP contribution in [-0.2, 0) is 13.6 Å². The number of hydrogen-bond acceptors (Lipinski definition) is 4. The molecule has 20 heavy (non-hydrogen) atoms. The van der Waals surface area contributed by atoms with Gasteiger partial charge < -0.3 is 14.8 Å². The summed E-state index contributed by atoms with van der Waals surface area (Å²) in [5, 5.41) is 7.44. The zero-order chi connectivity index (χ0) is 14.2. The summed E-state index contributed by atoms with van der Waals surface area (Å²) in [6.45, 7) is 4.77. The zero-order valence-electron chi connectivity index (χ0n) is 12.0. The highest BCUT2D eigenvalue weighted by molar-refractivity contribution is 5.39. The molecule has 0 radical (unpaired) electrons. The lowest BCUT2D eigenvalue weighted by Gasteiger charge is -2.11. The Morgan fingerprint density at radius 3 is 2.60 bits per heavy atom. The molecule has 0 fully saturated rings. The first-order valence-electron chi connectivity index (χ1n) is 6.82. The maximum absolute atomic E-state index is 5.72. The second kappa shape index (κ2) is 7.55. The van der Waals surface area contributed by atoms with Crippen molar-refractivity contribution in [3.63, 3.8) is 0 Å². The zero-order valence-corrected chi connectivity index (χ0v) is 12.0. The van der Waals surface area contributed by atoms with Crippen LogP contribution in [0.4, 0.5) is 0 Å². The van der Waals surface area contributed by atoms with Gasteiger partial charge in [-0.15, -0.1) is 0 Å². The van der Waals surface area contributed by atoms with E-state index in [2.05, 4.69) is 10.4 Å². The van der Waals surface area contributed by atoms with Crippen LogP contribution in [0.25, 0.3) is 0 Å². The van der Waals surface area contributed by atoms with Crippen molar-refractivity contribution < 1.29 is 9.47 Å². The Morgan fingerprint density at radius 2 is 1.95 bits per heavy atom. The molecule has 2 rings (SSSR count). The van der Waals surface area contributed by atoms with E-state index in [4.69, 9.17) is 9.47 Å². The highest BCUT2D eigenvalue weighted by Gasteiger charge is 2.02. The van der Waals surface area contributed by atoms with Gasteiger partial charge in [0.05, 0.1) is 12.8 Å². The SMILES string of the molecule is CCOc1ccccc1OCCNCc1cnn(C)c1. The molecule has 5 heteroatoms. The molecule has 2 aromatic rings. The minimum atomic E-state index is 0.602. The highest BCUT2D eigenvalue weighted by Crippen LogP contribution is 2.25. The summed E-state index contributed by atoms with van der Waals surface area (Å²) in [4.78, 5) is 0. The minimum Gasteiger partial charge on any atom is -0.490 e. The van der Waals surface area contributed by atoms with Crippen LogP contribution in [0.5, 0.6) is 11.5 Å². The lowest BCUT2D eigenvalue weighted by atomic mass is 10.3. The first kappa shape index (κ1) is 14.4. The average Bonchev–Trinajstić information content (AvgIpc) is 2.86. The van der Waals surface area contributed by atoms with E-state index in [0.29, 0.717) is 13.2 Å². The molecule has 0 aliphatic carbocycles. The molecular weight excluding hydrogens is 254 g/mol. The fraction of sp³-hybridized carbons (Fsp3) is 0.400. The van der Waals surface area contributed by atoms with Gasteiger partial charge in [-0.25, -0.2) is 0 Å². The minimum absolute atomic E-state index is 0.602. The van der Waals surface area contributed by atoms with E-state index in [-0.39, 0.29) is 0 Å². The summed E-state index contributed by atoms with van der Waals surface area (Å²) in [5.41, 5.74) is 1.17. The molecule has 1 N–H and O–H groups in total. The number of hydrogen-bond donors (Lipinski definition) is 1. The maximum atomic E-state index is 5.72. The second-order valence-electron chi connectivity index (χ2n) is 4.43. The molecule has 5 nitrogen and oxygen atoms in total. The largest absolute Gasteiger partial charge is 0.490 e. The molecule has 0 atom stereocenters. The predicted molar refractivity (Wildman–Crippen MR) is 78.0 cm³/mol. The van der Waals surface area contributed by atoms with Gasteiger partial charge in [-0.1, -0.05) is 12.1 Å². The Morgan fingerprint density at radius 1 is 1.20 bits per heavy atom. The van der Waals surface area contributed by atoms with Crippen LogP contribution in [0.1, 0.15) is 12.5 Å². The molecule has 1 heterocycles. The second-order valence-corrected chi connectivity index (χ2v) is 4.43. The Labute approximate surface area is 119 Å². The van der Waals surface area contributed by atoms with Gasteiger partial charge in [0.25, 0.3) is 0 Å². The monoisotopic (exact) mass is 275 g/mol. The number of aromatic nitrogens is 2. The van der Waals surface area contributed by atoms with E-state index in [9.17, 15) is 0 Å². The fourth-order valence-electron chi connectivity index (χ4n) is 1.87. The standard InChI is InChI=1S/C15H21N3O2/c1-3-19-14-6-4-5-7-15(14)20-9-8-16-10-13-11-17-18(2)12-13/h4-7,11-12,16H,3,8-10H2,1-2H3. The van der Waals surface area contributed by atoms with Crippen LogP contribution in [0.3, 0.4) is 0 Å². The first-order valence-corrected chi connectivity index (χ1v) is 6.82. The number of ether oxygens (including phenoxy) is 2. The Kier molecular flexibility index (Phi) is 5.43. The molecule has 108 valence electrons. The van der Waals surface area contributed by atoms with Crippen LogP contribution in [-0.4, -0.2) is 29.5 Å². The van der Waals surface area contributed by atoms with Gasteiger partial charge >= 0.3 is 0 Å². The first-order chi connectivity index (χ1) is 9.79. The van der Waals surface area contributed by atoms with Crippen molar-refractivity contribution in [2.24, 2.45) is 7.05 Å². The third kappa shape index (κ3) is 4.28. The number of nitrogens with one attached hydrogen (secondary N) is 1. The van der Waals surface area contributed by atoms with E-state index in [1.165, 1.54) is 5.56 Å².